The van der Waals surface area contributed by atoms with Gasteiger partial charge in [-0.3, -0.25) is 4.79 Å². The summed E-state index contributed by atoms with van der Waals surface area (Å²) in [6, 6.07) is 3.39. The van der Waals surface area contributed by atoms with Crippen molar-refractivity contribution in [2.24, 2.45) is 0 Å². The average molecular weight is 287 g/mol. The molecule has 0 bridgehead atoms. The highest BCUT2D eigenvalue weighted by Gasteiger charge is 2.13. The summed E-state index contributed by atoms with van der Waals surface area (Å²) in [5.41, 5.74) is 0.613. The number of carbonyl (C=O) groups excluding carboxylic acids is 1. The Hall–Kier alpha value is -0.940. The van der Waals surface area contributed by atoms with Crippen molar-refractivity contribution in [3.05, 3.63) is 28.5 Å². The minimum absolute atomic E-state index is 0.0287. The summed E-state index contributed by atoms with van der Waals surface area (Å²) >= 11 is 3.23. The van der Waals surface area contributed by atoms with Gasteiger partial charge < -0.3 is 10.0 Å². The molecule has 0 spiro atoms. The molecule has 0 atom stereocenters. The molecule has 16 heavy (non-hydrogen) atoms. The average Bonchev–Trinajstić information content (AvgIpc) is 2.29. The Kier molecular flexibility index (Phi) is 5.42. The number of carbonyl (C=O) groups is 1. The van der Waals surface area contributed by atoms with Crippen molar-refractivity contribution >= 4 is 21.8 Å². The van der Waals surface area contributed by atoms with Gasteiger partial charge in [-0.25, -0.2) is 4.98 Å². The van der Waals surface area contributed by atoms with Crippen LogP contribution in [-0.4, -0.2) is 40.6 Å². The monoisotopic (exact) mass is 286 g/mol. The van der Waals surface area contributed by atoms with Gasteiger partial charge in [-0.05, 0) is 41.4 Å². The van der Waals surface area contributed by atoms with E-state index < -0.39 is 0 Å². The van der Waals surface area contributed by atoms with Gasteiger partial charge in [-0.2, -0.15) is 0 Å². The fourth-order valence-corrected chi connectivity index (χ4v) is 1.75. The second-order valence-electron chi connectivity index (χ2n) is 3.33. The van der Waals surface area contributed by atoms with Crippen LogP contribution in [0, 0.1) is 0 Å². The number of hydrogen-bond donors (Lipinski definition) is 1. The van der Waals surface area contributed by atoms with Crippen LogP contribution in [0.2, 0.25) is 0 Å². The number of amides is 1. The van der Waals surface area contributed by atoms with Crippen molar-refractivity contribution in [2.75, 3.05) is 19.7 Å². The van der Waals surface area contributed by atoms with Crippen molar-refractivity contribution in [1.29, 1.82) is 0 Å². The van der Waals surface area contributed by atoms with E-state index >= 15 is 0 Å². The van der Waals surface area contributed by atoms with E-state index in [1.165, 1.54) is 0 Å². The Bertz CT molecular complexity index is 358. The SMILES string of the molecule is CCN(CCCO)C(=O)c1ccnc(Br)c1. The zero-order chi connectivity index (χ0) is 12.0. The molecular formula is C11H15BrN2O2. The number of aliphatic hydroxyl groups is 1. The van der Waals surface area contributed by atoms with Gasteiger partial charge >= 0.3 is 0 Å². The molecule has 0 saturated heterocycles. The zero-order valence-electron chi connectivity index (χ0n) is 9.19. The van der Waals surface area contributed by atoms with Crippen LogP contribution >= 0.6 is 15.9 Å². The summed E-state index contributed by atoms with van der Waals surface area (Å²) in [5.74, 6) is -0.0287. The molecule has 0 aliphatic heterocycles. The van der Waals surface area contributed by atoms with Crippen LogP contribution in [0.3, 0.4) is 0 Å². The van der Waals surface area contributed by atoms with Crippen molar-refractivity contribution in [3.63, 3.8) is 0 Å². The van der Waals surface area contributed by atoms with Gasteiger partial charge in [0.25, 0.3) is 5.91 Å². The van der Waals surface area contributed by atoms with Crippen LogP contribution < -0.4 is 0 Å². The van der Waals surface area contributed by atoms with Crippen LogP contribution in [0.4, 0.5) is 0 Å². The van der Waals surface area contributed by atoms with E-state index in [-0.39, 0.29) is 12.5 Å². The number of halogens is 1. The van der Waals surface area contributed by atoms with Gasteiger partial charge in [0.05, 0.1) is 0 Å². The highest BCUT2D eigenvalue weighted by atomic mass is 79.9. The third-order valence-electron chi connectivity index (χ3n) is 2.23. The summed E-state index contributed by atoms with van der Waals surface area (Å²) < 4.78 is 0.650. The highest BCUT2D eigenvalue weighted by molar-refractivity contribution is 9.10. The first-order valence-corrected chi connectivity index (χ1v) is 6.00. The molecule has 0 unspecified atom stereocenters. The fraction of sp³-hybridized carbons (Fsp3) is 0.455. The molecule has 0 aliphatic carbocycles. The maximum absolute atomic E-state index is 12.0. The lowest BCUT2D eigenvalue weighted by Crippen LogP contribution is -2.32. The van der Waals surface area contributed by atoms with Crippen LogP contribution in [0.5, 0.6) is 0 Å². The molecule has 0 radical (unpaired) electrons. The normalized spacial score (nSPS) is 10.2. The molecule has 0 fully saturated rings. The number of nitrogens with zero attached hydrogens (tertiary/aromatic N) is 2. The number of hydrogen-bond acceptors (Lipinski definition) is 3. The van der Waals surface area contributed by atoms with E-state index in [2.05, 4.69) is 20.9 Å². The maximum atomic E-state index is 12.0. The van der Waals surface area contributed by atoms with E-state index in [4.69, 9.17) is 5.11 Å². The molecular weight excluding hydrogens is 272 g/mol. The molecule has 4 nitrogen and oxygen atoms in total. The molecule has 0 aliphatic rings. The highest BCUT2D eigenvalue weighted by Crippen LogP contribution is 2.10. The summed E-state index contributed by atoms with van der Waals surface area (Å²) in [5, 5.41) is 8.75. The number of pyridine rings is 1. The molecule has 0 saturated carbocycles. The van der Waals surface area contributed by atoms with Crippen LogP contribution in [0.1, 0.15) is 23.7 Å². The first kappa shape index (κ1) is 13.1. The lowest BCUT2D eigenvalue weighted by atomic mass is 10.2. The van der Waals surface area contributed by atoms with Crippen molar-refractivity contribution in [1.82, 2.24) is 9.88 Å². The predicted molar refractivity (Wildman–Crippen MR) is 65.2 cm³/mol. The van der Waals surface area contributed by atoms with Gasteiger partial charge in [0, 0.05) is 31.5 Å². The Labute approximate surface area is 103 Å². The first-order chi connectivity index (χ1) is 7.69. The largest absolute Gasteiger partial charge is 0.396 e. The van der Waals surface area contributed by atoms with Crippen molar-refractivity contribution in [3.8, 4) is 0 Å². The molecule has 1 aromatic heterocycles. The molecule has 5 heteroatoms. The second-order valence-corrected chi connectivity index (χ2v) is 4.14. The lowest BCUT2D eigenvalue weighted by Gasteiger charge is -2.20. The molecule has 1 rings (SSSR count). The Balaban J connectivity index is 2.74. The summed E-state index contributed by atoms with van der Waals surface area (Å²) in [6.07, 6.45) is 2.20. The van der Waals surface area contributed by atoms with Gasteiger partial charge in [-0.15, -0.1) is 0 Å². The second kappa shape index (κ2) is 6.60. The van der Waals surface area contributed by atoms with E-state index in [0.29, 0.717) is 29.7 Å². The smallest absolute Gasteiger partial charge is 0.253 e. The Morgan fingerprint density at radius 1 is 1.62 bits per heavy atom. The number of aromatic nitrogens is 1. The summed E-state index contributed by atoms with van der Waals surface area (Å²) in [7, 11) is 0. The molecule has 1 aromatic rings. The Morgan fingerprint density at radius 2 is 2.38 bits per heavy atom. The Morgan fingerprint density at radius 3 is 2.94 bits per heavy atom. The standard InChI is InChI=1S/C11H15BrN2O2/c1-2-14(6-3-7-15)11(16)9-4-5-13-10(12)8-9/h4-5,8,15H,2-3,6-7H2,1H3. The predicted octanol–water partition coefficient (Wildman–Crippen LogP) is 1.69. The molecule has 0 aromatic carbocycles. The third-order valence-corrected chi connectivity index (χ3v) is 2.66. The maximum Gasteiger partial charge on any atom is 0.253 e. The summed E-state index contributed by atoms with van der Waals surface area (Å²) in [4.78, 5) is 17.7. The van der Waals surface area contributed by atoms with E-state index in [9.17, 15) is 4.79 Å². The van der Waals surface area contributed by atoms with Crippen LogP contribution in [0.15, 0.2) is 22.9 Å². The topological polar surface area (TPSA) is 53.4 Å². The molecule has 88 valence electrons. The third kappa shape index (κ3) is 3.57. The quantitative estimate of drug-likeness (QED) is 0.838. The number of rotatable bonds is 5. The van der Waals surface area contributed by atoms with E-state index in [1.807, 2.05) is 6.92 Å². The van der Waals surface area contributed by atoms with E-state index in [1.54, 1.807) is 23.2 Å². The first-order valence-electron chi connectivity index (χ1n) is 5.20. The summed E-state index contributed by atoms with van der Waals surface area (Å²) in [6.45, 7) is 3.24. The fourth-order valence-electron chi connectivity index (χ4n) is 1.38. The van der Waals surface area contributed by atoms with Gasteiger partial charge in [0.15, 0.2) is 0 Å². The zero-order valence-corrected chi connectivity index (χ0v) is 10.8. The molecule has 1 heterocycles. The van der Waals surface area contributed by atoms with Crippen molar-refractivity contribution < 1.29 is 9.90 Å². The van der Waals surface area contributed by atoms with Gasteiger partial charge in [0.1, 0.15) is 4.60 Å². The van der Waals surface area contributed by atoms with Gasteiger partial charge in [0.2, 0.25) is 0 Å². The van der Waals surface area contributed by atoms with Crippen LogP contribution in [0.25, 0.3) is 0 Å². The minimum Gasteiger partial charge on any atom is -0.396 e. The van der Waals surface area contributed by atoms with Gasteiger partial charge in [-0.1, -0.05) is 0 Å². The molecule has 1 N–H and O–H groups in total. The van der Waals surface area contributed by atoms with E-state index in [0.717, 1.165) is 0 Å². The minimum atomic E-state index is -0.0287. The number of aliphatic hydroxyl groups excluding tert-OH is 1. The van der Waals surface area contributed by atoms with Crippen molar-refractivity contribution in [2.45, 2.75) is 13.3 Å². The van der Waals surface area contributed by atoms with Crippen LogP contribution in [-0.2, 0) is 0 Å². The lowest BCUT2D eigenvalue weighted by molar-refractivity contribution is 0.0754. The molecule has 1 amide bonds.